The highest BCUT2D eigenvalue weighted by molar-refractivity contribution is 6.07. The van der Waals surface area contributed by atoms with Crippen LogP contribution in [-0.4, -0.2) is 49.6 Å². The van der Waals surface area contributed by atoms with Gasteiger partial charge in [-0.2, -0.15) is 0 Å². The van der Waals surface area contributed by atoms with Gasteiger partial charge in [-0.3, -0.25) is 4.79 Å². The number of nitrogens with one attached hydrogen (secondary N) is 1. The number of rotatable bonds is 7. The molecular formula is C28H22N2O7. The summed E-state index contributed by atoms with van der Waals surface area (Å²) in [5.74, 6) is -2.82. The predicted octanol–water partition coefficient (Wildman–Crippen LogP) is 4.27. The second kappa shape index (κ2) is 11.1. The highest BCUT2D eigenvalue weighted by Gasteiger charge is 2.20. The van der Waals surface area contributed by atoms with E-state index in [2.05, 4.69) is 15.0 Å². The van der Waals surface area contributed by atoms with Gasteiger partial charge in [0.1, 0.15) is 0 Å². The van der Waals surface area contributed by atoms with Crippen molar-refractivity contribution in [3.63, 3.8) is 0 Å². The number of aromatic nitrogens is 1. The van der Waals surface area contributed by atoms with Crippen LogP contribution >= 0.6 is 0 Å². The molecule has 1 heterocycles. The number of pyridine rings is 1. The lowest BCUT2D eigenvalue weighted by atomic mass is 10.0. The molecule has 1 N–H and O–H groups in total. The van der Waals surface area contributed by atoms with Crippen LogP contribution in [0.2, 0.25) is 0 Å². The molecule has 0 saturated carbocycles. The lowest BCUT2D eigenvalue weighted by Crippen LogP contribution is -2.23. The Balaban J connectivity index is 1.56. The number of benzene rings is 3. The van der Waals surface area contributed by atoms with Gasteiger partial charge in [0.05, 0.1) is 47.8 Å². The van der Waals surface area contributed by atoms with Crippen molar-refractivity contribution in [3.8, 4) is 11.3 Å². The predicted molar refractivity (Wildman–Crippen MR) is 135 cm³/mol. The molecular weight excluding hydrogens is 476 g/mol. The summed E-state index contributed by atoms with van der Waals surface area (Å²) >= 11 is 0. The van der Waals surface area contributed by atoms with Gasteiger partial charge in [-0.25, -0.2) is 19.4 Å². The molecule has 1 amide bonds. The maximum Gasteiger partial charge on any atom is 0.339 e. The molecule has 4 rings (SSSR count). The van der Waals surface area contributed by atoms with Gasteiger partial charge in [-0.05, 0) is 30.3 Å². The molecule has 0 aliphatic heterocycles. The number of ether oxygens (including phenoxy) is 3. The number of anilines is 1. The van der Waals surface area contributed by atoms with Crippen molar-refractivity contribution in [2.24, 2.45) is 0 Å². The molecule has 0 fully saturated rings. The van der Waals surface area contributed by atoms with E-state index < -0.39 is 30.4 Å². The molecule has 0 saturated heterocycles. The Hall–Kier alpha value is -5.05. The zero-order valence-electron chi connectivity index (χ0n) is 20.0. The van der Waals surface area contributed by atoms with E-state index in [1.807, 2.05) is 36.4 Å². The molecule has 0 aliphatic carbocycles. The monoisotopic (exact) mass is 498 g/mol. The zero-order chi connectivity index (χ0) is 26.4. The van der Waals surface area contributed by atoms with Crippen LogP contribution in [0.15, 0.2) is 78.9 Å². The summed E-state index contributed by atoms with van der Waals surface area (Å²) in [7, 11) is 2.40. The molecule has 1 aromatic heterocycles. The van der Waals surface area contributed by atoms with Crippen molar-refractivity contribution in [3.05, 3.63) is 95.6 Å². The third-order valence-electron chi connectivity index (χ3n) is 5.46. The Morgan fingerprint density at radius 2 is 1.46 bits per heavy atom. The van der Waals surface area contributed by atoms with Crippen LogP contribution in [0.25, 0.3) is 22.2 Å². The standard InChI is InChI=1S/C28H22N2O7/c1-35-26(32)18-12-13-20(27(33)36-2)24(14-18)30-25(31)16-37-28(34)21-15-23(17-8-4-3-5-9-17)29-22-11-7-6-10-19(21)22/h3-15H,16H2,1-2H3,(H,30,31). The Bertz CT molecular complexity index is 1500. The Labute approximate surface area is 212 Å². The molecule has 0 unspecified atom stereocenters. The number of fused-ring (bicyclic) bond motifs is 1. The first-order valence-electron chi connectivity index (χ1n) is 11.1. The molecule has 3 aromatic carbocycles. The van der Waals surface area contributed by atoms with Gasteiger partial charge in [0.15, 0.2) is 6.61 Å². The second-order valence-corrected chi connectivity index (χ2v) is 7.81. The van der Waals surface area contributed by atoms with Crippen LogP contribution in [0.4, 0.5) is 5.69 Å². The van der Waals surface area contributed by atoms with Gasteiger partial charge in [0.25, 0.3) is 5.91 Å². The normalized spacial score (nSPS) is 10.4. The Morgan fingerprint density at radius 3 is 2.19 bits per heavy atom. The summed E-state index contributed by atoms with van der Waals surface area (Å²) in [4.78, 5) is 54.3. The van der Waals surface area contributed by atoms with Crippen molar-refractivity contribution < 1.29 is 33.4 Å². The van der Waals surface area contributed by atoms with Crippen molar-refractivity contribution in [1.29, 1.82) is 0 Å². The van der Waals surface area contributed by atoms with Gasteiger partial charge >= 0.3 is 17.9 Å². The van der Waals surface area contributed by atoms with Crippen LogP contribution in [0.1, 0.15) is 31.1 Å². The summed E-state index contributed by atoms with van der Waals surface area (Å²) in [5.41, 5.74) is 2.39. The third-order valence-corrected chi connectivity index (χ3v) is 5.46. The van der Waals surface area contributed by atoms with Crippen molar-refractivity contribution in [2.45, 2.75) is 0 Å². The minimum atomic E-state index is -0.722. The Morgan fingerprint density at radius 1 is 0.757 bits per heavy atom. The molecule has 37 heavy (non-hydrogen) atoms. The summed E-state index contributed by atoms with van der Waals surface area (Å²) in [6.07, 6.45) is 0. The fraction of sp³-hybridized carbons (Fsp3) is 0.107. The first kappa shape index (κ1) is 25.1. The lowest BCUT2D eigenvalue weighted by Gasteiger charge is -2.12. The van der Waals surface area contributed by atoms with Crippen molar-refractivity contribution >= 4 is 40.4 Å². The second-order valence-electron chi connectivity index (χ2n) is 7.81. The molecule has 0 radical (unpaired) electrons. The topological polar surface area (TPSA) is 121 Å². The molecule has 0 aliphatic rings. The van der Waals surface area contributed by atoms with Gasteiger partial charge in [0, 0.05) is 10.9 Å². The smallest absolute Gasteiger partial charge is 0.339 e. The number of carbonyl (C=O) groups excluding carboxylic acids is 4. The number of amides is 1. The van der Waals surface area contributed by atoms with Gasteiger partial charge in [-0.1, -0.05) is 48.5 Å². The number of para-hydroxylation sites is 1. The fourth-order valence-electron chi connectivity index (χ4n) is 3.68. The van der Waals surface area contributed by atoms with Crippen LogP contribution in [0.3, 0.4) is 0 Å². The van der Waals surface area contributed by atoms with Crippen LogP contribution in [0, 0.1) is 0 Å². The van der Waals surface area contributed by atoms with Crippen molar-refractivity contribution in [2.75, 3.05) is 26.1 Å². The number of carbonyl (C=O) groups is 4. The third kappa shape index (κ3) is 5.62. The van der Waals surface area contributed by atoms with Crippen LogP contribution in [0.5, 0.6) is 0 Å². The SMILES string of the molecule is COC(=O)c1ccc(C(=O)OC)c(NC(=O)COC(=O)c2cc(-c3ccccc3)nc3ccccc23)c1. The summed E-state index contributed by atoms with van der Waals surface area (Å²) in [5, 5.41) is 3.06. The highest BCUT2D eigenvalue weighted by Crippen LogP contribution is 2.25. The molecule has 9 heteroatoms. The van der Waals surface area contributed by atoms with Gasteiger partial charge in [-0.15, -0.1) is 0 Å². The molecule has 0 spiro atoms. The highest BCUT2D eigenvalue weighted by atomic mass is 16.5. The molecule has 186 valence electrons. The average Bonchev–Trinajstić information content (AvgIpc) is 2.94. The largest absolute Gasteiger partial charge is 0.465 e. The van der Waals surface area contributed by atoms with E-state index in [1.165, 1.54) is 32.4 Å². The molecule has 9 nitrogen and oxygen atoms in total. The Kier molecular flexibility index (Phi) is 7.53. The quantitative estimate of drug-likeness (QED) is 0.296. The summed E-state index contributed by atoms with van der Waals surface area (Å²) < 4.78 is 14.7. The number of esters is 3. The van der Waals surface area contributed by atoms with E-state index in [-0.39, 0.29) is 22.4 Å². The minimum absolute atomic E-state index is 0.0107. The van der Waals surface area contributed by atoms with Gasteiger partial charge in [0.2, 0.25) is 0 Å². The summed E-state index contributed by atoms with van der Waals surface area (Å²) in [6.45, 7) is -0.640. The summed E-state index contributed by atoms with van der Waals surface area (Å²) in [6, 6.07) is 22.1. The van der Waals surface area contributed by atoms with Crippen molar-refractivity contribution in [1.82, 2.24) is 4.98 Å². The number of hydrogen-bond donors (Lipinski definition) is 1. The van der Waals surface area contributed by atoms with E-state index in [1.54, 1.807) is 24.3 Å². The fourth-order valence-corrected chi connectivity index (χ4v) is 3.68. The maximum absolute atomic E-state index is 13.0. The maximum atomic E-state index is 13.0. The molecule has 4 aromatic rings. The minimum Gasteiger partial charge on any atom is -0.465 e. The van der Waals surface area contributed by atoms with E-state index >= 15 is 0 Å². The van der Waals surface area contributed by atoms with E-state index in [4.69, 9.17) is 9.47 Å². The van der Waals surface area contributed by atoms with Crippen LogP contribution in [-0.2, 0) is 19.0 Å². The van der Waals surface area contributed by atoms with E-state index in [9.17, 15) is 19.2 Å². The molecule has 0 bridgehead atoms. The lowest BCUT2D eigenvalue weighted by molar-refractivity contribution is -0.119. The van der Waals surface area contributed by atoms with E-state index in [0.29, 0.717) is 16.6 Å². The van der Waals surface area contributed by atoms with E-state index in [0.717, 1.165) is 5.56 Å². The number of hydrogen-bond acceptors (Lipinski definition) is 8. The first-order valence-corrected chi connectivity index (χ1v) is 11.1. The average molecular weight is 498 g/mol. The first-order chi connectivity index (χ1) is 17.9. The number of methoxy groups -OCH3 is 2. The zero-order valence-corrected chi connectivity index (χ0v) is 20.0. The van der Waals surface area contributed by atoms with Gasteiger partial charge < -0.3 is 19.5 Å². The number of nitrogens with zero attached hydrogens (tertiary/aromatic N) is 1. The molecule has 0 atom stereocenters. The van der Waals surface area contributed by atoms with Crippen LogP contribution < -0.4 is 5.32 Å².